The summed E-state index contributed by atoms with van der Waals surface area (Å²) in [6, 6.07) is 12.1. The molecule has 7 nitrogen and oxygen atoms in total. The van der Waals surface area contributed by atoms with Gasteiger partial charge in [-0.3, -0.25) is 0 Å². The summed E-state index contributed by atoms with van der Waals surface area (Å²) < 4.78 is 59.2. The maximum absolute atomic E-state index is 13.5. The molecular weight excluding hydrogens is 504 g/mol. The molecule has 11 heteroatoms. The summed E-state index contributed by atoms with van der Waals surface area (Å²) in [5.41, 5.74) is 0.913. The van der Waals surface area contributed by atoms with Gasteiger partial charge < -0.3 is 9.64 Å². The third-order valence-electron chi connectivity index (χ3n) is 5.21. The molecule has 0 spiro atoms. The van der Waals surface area contributed by atoms with Gasteiger partial charge in [0.1, 0.15) is 5.00 Å². The van der Waals surface area contributed by atoms with Crippen molar-refractivity contribution in [3.8, 4) is 0 Å². The summed E-state index contributed by atoms with van der Waals surface area (Å²) in [6.07, 6.45) is -0.307. The zero-order chi connectivity index (χ0) is 24.0. The number of morpholine rings is 1. The number of hydrogen-bond donors (Lipinski definition) is 0. The molecule has 33 heavy (non-hydrogen) atoms. The number of thiazole rings is 1. The maximum atomic E-state index is 13.5. The molecule has 1 aliphatic heterocycles. The predicted molar refractivity (Wildman–Crippen MR) is 128 cm³/mol. The number of aryl methyl sites for hydroxylation is 1. The molecule has 0 saturated carbocycles. The van der Waals surface area contributed by atoms with Gasteiger partial charge in [-0.05, 0) is 57.2 Å². The van der Waals surface area contributed by atoms with E-state index in [1.807, 2.05) is 25.7 Å². The smallest absolute Gasteiger partial charge is 0.233 e. The van der Waals surface area contributed by atoms with Crippen molar-refractivity contribution in [1.82, 2.24) is 4.98 Å². The lowest BCUT2D eigenvalue weighted by Gasteiger charge is -2.36. The fourth-order valence-corrected chi connectivity index (χ4v) is 8.23. The van der Waals surface area contributed by atoms with Gasteiger partial charge in [-0.2, -0.15) is 0 Å². The van der Waals surface area contributed by atoms with E-state index in [9.17, 15) is 16.8 Å². The van der Waals surface area contributed by atoms with Crippen LogP contribution in [0.15, 0.2) is 67.7 Å². The average Bonchev–Trinajstić information content (AvgIpc) is 3.21. The Balaban J connectivity index is 1.88. The molecule has 0 N–H and O–H groups in total. The Bertz CT molecular complexity index is 1360. The van der Waals surface area contributed by atoms with Crippen molar-refractivity contribution in [2.24, 2.45) is 0 Å². The third-order valence-corrected chi connectivity index (χ3v) is 10.5. The van der Waals surface area contributed by atoms with Crippen LogP contribution in [0.1, 0.15) is 19.4 Å². The Morgan fingerprint density at radius 3 is 2.00 bits per heavy atom. The van der Waals surface area contributed by atoms with E-state index in [-0.39, 0.29) is 36.4 Å². The molecule has 176 valence electrons. The second kappa shape index (κ2) is 8.99. The van der Waals surface area contributed by atoms with Crippen molar-refractivity contribution >= 4 is 47.6 Å². The second-order valence-electron chi connectivity index (χ2n) is 8.03. The number of hydrogen-bond acceptors (Lipinski definition) is 8. The summed E-state index contributed by atoms with van der Waals surface area (Å²) in [7, 11) is -8.11. The molecule has 2 heterocycles. The quantitative estimate of drug-likeness (QED) is 0.487. The summed E-state index contributed by atoms with van der Waals surface area (Å²) >= 11 is 6.79. The van der Waals surface area contributed by atoms with Crippen molar-refractivity contribution in [3.05, 3.63) is 59.1 Å². The number of nitrogens with zero attached hydrogens (tertiary/aromatic N) is 2. The second-order valence-corrected chi connectivity index (χ2v) is 13.4. The maximum Gasteiger partial charge on any atom is 0.233 e. The zero-order valence-corrected chi connectivity index (χ0v) is 21.4. The number of sulfone groups is 2. The number of halogens is 1. The Hall–Kier alpha value is -1.98. The van der Waals surface area contributed by atoms with E-state index in [1.165, 1.54) is 36.4 Å². The number of aromatic nitrogens is 1. The van der Waals surface area contributed by atoms with E-state index in [1.54, 1.807) is 12.1 Å². The number of ether oxygens (including phenoxy) is 1. The van der Waals surface area contributed by atoms with Gasteiger partial charge >= 0.3 is 0 Å². The normalized spacial score (nSPS) is 19.6. The van der Waals surface area contributed by atoms with Crippen molar-refractivity contribution in [2.75, 3.05) is 18.0 Å². The van der Waals surface area contributed by atoms with Crippen LogP contribution in [0.3, 0.4) is 0 Å². The van der Waals surface area contributed by atoms with Gasteiger partial charge in [-0.15, -0.1) is 0 Å². The Morgan fingerprint density at radius 1 is 0.909 bits per heavy atom. The zero-order valence-electron chi connectivity index (χ0n) is 18.2. The summed E-state index contributed by atoms with van der Waals surface area (Å²) in [5.74, 6) is 0. The lowest BCUT2D eigenvalue weighted by molar-refractivity contribution is -0.00517. The largest absolute Gasteiger partial charge is 0.372 e. The van der Waals surface area contributed by atoms with E-state index in [4.69, 9.17) is 16.3 Å². The van der Waals surface area contributed by atoms with E-state index in [2.05, 4.69) is 4.98 Å². The number of anilines is 1. The lowest BCUT2D eigenvalue weighted by Crippen LogP contribution is -2.45. The van der Waals surface area contributed by atoms with Crippen molar-refractivity contribution < 1.29 is 21.6 Å². The first-order valence-electron chi connectivity index (χ1n) is 10.2. The average molecular weight is 527 g/mol. The van der Waals surface area contributed by atoms with Crippen LogP contribution in [0.4, 0.5) is 5.00 Å². The van der Waals surface area contributed by atoms with Crippen molar-refractivity contribution in [3.63, 3.8) is 0 Å². The van der Waals surface area contributed by atoms with Gasteiger partial charge in [-0.25, -0.2) is 21.8 Å². The Kier molecular flexibility index (Phi) is 6.58. The minimum absolute atomic E-state index is 0.00732. The Morgan fingerprint density at radius 2 is 1.42 bits per heavy atom. The highest BCUT2D eigenvalue weighted by Gasteiger charge is 2.35. The molecule has 1 aromatic heterocycles. The molecule has 2 unspecified atom stereocenters. The van der Waals surface area contributed by atoms with Gasteiger partial charge in [0.15, 0.2) is 5.03 Å². The van der Waals surface area contributed by atoms with E-state index < -0.39 is 19.7 Å². The number of benzene rings is 2. The third kappa shape index (κ3) is 4.81. The molecule has 0 aliphatic carbocycles. The molecule has 0 radical (unpaired) electrons. The van der Waals surface area contributed by atoms with Crippen LogP contribution in [-0.4, -0.2) is 47.1 Å². The van der Waals surface area contributed by atoms with Crippen LogP contribution in [0.2, 0.25) is 5.02 Å². The molecule has 1 fully saturated rings. The predicted octanol–water partition coefficient (Wildman–Crippen LogP) is 4.38. The van der Waals surface area contributed by atoms with Gasteiger partial charge in [-0.1, -0.05) is 40.6 Å². The first kappa shape index (κ1) is 24.2. The molecule has 1 saturated heterocycles. The first-order chi connectivity index (χ1) is 15.5. The molecule has 0 bridgehead atoms. The van der Waals surface area contributed by atoms with Gasteiger partial charge in [0, 0.05) is 18.1 Å². The summed E-state index contributed by atoms with van der Waals surface area (Å²) in [4.78, 5) is 6.10. The monoisotopic (exact) mass is 526 g/mol. The van der Waals surface area contributed by atoms with Crippen LogP contribution < -0.4 is 4.90 Å². The molecule has 0 amide bonds. The highest BCUT2D eigenvalue weighted by Crippen LogP contribution is 2.40. The molecule has 2 atom stereocenters. The van der Waals surface area contributed by atoms with Crippen LogP contribution in [0.5, 0.6) is 0 Å². The van der Waals surface area contributed by atoms with E-state index >= 15 is 0 Å². The Labute approximate surface area is 202 Å². The highest BCUT2D eigenvalue weighted by atomic mass is 35.5. The first-order valence-corrected chi connectivity index (χ1v) is 14.4. The van der Waals surface area contributed by atoms with Crippen LogP contribution in [0, 0.1) is 6.92 Å². The minimum Gasteiger partial charge on any atom is -0.372 e. The minimum atomic E-state index is -4.11. The SMILES string of the molecule is Cc1ccc(S(=O)(=O)c2nc(S(=O)(=O)c3ccc(Cl)cc3)c(N3CC(C)OC(C)C3)s2)cc1. The lowest BCUT2D eigenvalue weighted by atomic mass is 10.2. The summed E-state index contributed by atoms with van der Waals surface area (Å²) in [5, 5.41) is 0.408. The molecule has 4 rings (SSSR count). The molecule has 1 aliphatic rings. The number of rotatable bonds is 5. The van der Waals surface area contributed by atoms with E-state index in [0.717, 1.165) is 16.9 Å². The standard InChI is InChI=1S/C22H23ClN2O5S3/c1-14-4-8-19(9-5-14)33(28,29)22-24-20(32(26,27)18-10-6-17(23)7-11-18)21(31-22)25-12-15(2)30-16(3)13-25/h4-11,15-16H,12-13H2,1-3H3. The fourth-order valence-electron chi connectivity index (χ4n) is 3.66. The topological polar surface area (TPSA) is 93.6 Å². The van der Waals surface area contributed by atoms with Gasteiger partial charge in [0.05, 0.1) is 22.0 Å². The van der Waals surface area contributed by atoms with Crippen molar-refractivity contribution in [1.29, 1.82) is 0 Å². The van der Waals surface area contributed by atoms with Crippen LogP contribution in [0.25, 0.3) is 0 Å². The van der Waals surface area contributed by atoms with E-state index in [0.29, 0.717) is 18.1 Å². The van der Waals surface area contributed by atoms with Gasteiger partial charge in [0.25, 0.3) is 0 Å². The van der Waals surface area contributed by atoms with Crippen LogP contribution >= 0.6 is 22.9 Å². The molecule has 3 aromatic rings. The van der Waals surface area contributed by atoms with Crippen molar-refractivity contribution in [2.45, 2.75) is 52.1 Å². The van der Waals surface area contributed by atoms with Gasteiger partial charge in [0.2, 0.25) is 24.0 Å². The molecular formula is C22H23ClN2O5S3. The van der Waals surface area contributed by atoms with Crippen LogP contribution in [-0.2, 0) is 24.4 Å². The highest BCUT2D eigenvalue weighted by molar-refractivity contribution is 7.94. The fraction of sp³-hybridized carbons (Fsp3) is 0.318. The summed E-state index contributed by atoms with van der Waals surface area (Å²) in [6.45, 7) is 6.47. The molecule has 2 aromatic carbocycles.